The third kappa shape index (κ3) is 4.22. The molecule has 35 heavy (non-hydrogen) atoms. The van der Waals surface area contributed by atoms with Gasteiger partial charge in [-0.15, -0.1) is 0 Å². The number of rotatable bonds is 7. The van der Waals surface area contributed by atoms with Gasteiger partial charge in [-0.25, -0.2) is 6.57 Å². The maximum absolute atomic E-state index is 13.7. The van der Waals surface area contributed by atoms with Crippen LogP contribution in [0, 0.1) is 13.5 Å². The van der Waals surface area contributed by atoms with Gasteiger partial charge >= 0.3 is 0 Å². The van der Waals surface area contributed by atoms with Crippen molar-refractivity contribution in [3.8, 4) is 33.9 Å². The monoisotopic (exact) mass is 511 g/mol. The van der Waals surface area contributed by atoms with Gasteiger partial charge in [0.05, 0.1) is 47.2 Å². The number of aryl methyl sites for hydroxylation is 1. The van der Waals surface area contributed by atoms with Crippen molar-refractivity contribution in [3.05, 3.63) is 68.1 Å². The number of halogens is 2. The van der Waals surface area contributed by atoms with E-state index in [-0.39, 0.29) is 15.6 Å². The molecule has 0 saturated heterocycles. The van der Waals surface area contributed by atoms with Crippen molar-refractivity contribution < 1.29 is 9.47 Å². The zero-order valence-electron chi connectivity index (χ0n) is 19.7. The molecule has 0 bridgehead atoms. The molecule has 4 rings (SSSR count). The molecule has 0 radical (unpaired) electrons. The predicted molar refractivity (Wildman–Crippen MR) is 138 cm³/mol. The minimum atomic E-state index is -0.249. The summed E-state index contributed by atoms with van der Waals surface area (Å²) in [6.07, 6.45) is 3.45. The van der Waals surface area contributed by atoms with Gasteiger partial charge in [-0.05, 0) is 26.0 Å². The second kappa shape index (κ2) is 9.98. The van der Waals surface area contributed by atoms with Gasteiger partial charge in [0.1, 0.15) is 18.0 Å². The van der Waals surface area contributed by atoms with Crippen LogP contribution in [0.4, 0.5) is 0 Å². The van der Waals surface area contributed by atoms with Crippen LogP contribution >= 0.6 is 23.2 Å². The summed E-state index contributed by atoms with van der Waals surface area (Å²) in [5, 5.41) is 5.59. The first-order valence-corrected chi connectivity index (χ1v) is 11.6. The number of ether oxygens (including phenoxy) is 2. The third-order valence-electron chi connectivity index (χ3n) is 5.94. The summed E-state index contributed by atoms with van der Waals surface area (Å²) in [6, 6.07) is 5.20. The van der Waals surface area contributed by atoms with Gasteiger partial charge in [0.25, 0.3) is 5.56 Å². The highest BCUT2D eigenvalue weighted by atomic mass is 35.5. The van der Waals surface area contributed by atoms with Gasteiger partial charge in [-0.1, -0.05) is 23.2 Å². The number of aromatic nitrogens is 4. The summed E-state index contributed by atoms with van der Waals surface area (Å²) in [5.74, 6) is 0.703. The number of hydrogen-bond acceptors (Lipinski definition) is 5. The molecule has 8 nitrogen and oxygen atoms in total. The lowest BCUT2D eigenvalue weighted by Gasteiger charge is -2.17. The Balaban J connectivity index is 1.94. The van der Waals surface area contributed by atoms with Crippen molar-refractivity contribution in [2.45, 2.75) is 26.9 Å². The summed E-state index contributed by atoms with van der Waals surface area (Å²) < 4.78 is 14.2. The molecular weight excluding hydrogens is 489 g/mol. The first-order chi connectivity index (χ1) is 16.9. The summed E-state index contributed by atoms with van der Waals surface area (Å²) in [4.78, 5) is 21.7. The average molecular weight is 512 g/mol. The fraction of sp³-hybridized carbons (Fsp3) is 0.280. The van der Waals surface area contributed by atoms with E-state index in [1.54, 1.807) is 33.8 Å². The number of nitrogens with zero attached hydrogens (tertiary/aromatic N) is 5. The smallest absolute Gasteiger partial charge is 0.259 e. The molecule has 10 heteroatoms. The fourth-order valence-corrected chi connectivity index (χ4v) is 4.81. The summed E-state index contributed by atoms with van der Waals surface area (Å²) in [6.45, 7) is 12.1. The van der Waals surface area contributed by atoms with E-state index in [2.05, 4.69) is 14.9 Å². The van der Waals surface area contributed by atoms with Gasteiger partial charge in [-0.3, -0.25) is 14.5 Å². The minimum Gasteiger partial charge on any atom is -0.495 e. The molecule has 0 saturated carbocycles. The highest BCUT2D eigenvalue weighted by molar-refractivity contribution is 6.41. The van der Waals surface area contributed by atoms with E-state index in [1.807, 2.05) is 19.9 Å². The molecule has 0 fully saturated rings. The van der Waals surface area contributed by atoms with E-state index in [9.17, 15) is 4.79 Å². The third-order valence-corrected chi connectivity index (χ3v) is 6.69. The van der Waals surface area contributed by atoms with Crippen LogP contribution in [0.5, 0.6) is 11.5 Å². The second-order valence-corrected chi connectivity index (χ2v) is 8.52. The molecule has 3 heterocycles. The Hall–Kier alpha value is -3.54. The van der Waals surface area contributed by atoms with E-state index in [0.717, 1.165) is 22.2 Å². The van der Waals surface area contributed by atoms with Crippen LogP contribution in [0.3, 0.4) is 0 Å². The van der Waals surface area contributed by atoms with E-state index in [0.29, 0.717) is 48.0 Å². The van der Waals surface area contributed by atoms with Gasteiger partial charge in [-0.2, -0.15) is 5.10 Å². The number of benzene rings is 1. The molecule has 0 aliphatic rings. The number of pyridine rings is 2. The number of methoxy groups -OCH3 is 2. The SMILES string of the molecule is [C-]#[N+]CCn1ncc(-c2cc3c(cn2)cc(-c2c(Cl)c(OC)cc(OC)c2Cl)c(=O)n3CC)c1C. The number of fused-ring (bicyclic) bond motifs is 1. The van der Waals surface area contributed by atoms with Crippen LogP contribution in [0.1, 0.15) is 12.6 Å². The average Bonchev–Trinajstić information content (AvgIpc) is 3.23. The standard InChI is InChI=1S/C25H23Cl2N5O3/c1-6-31-19-10-18(17-13-30-32(14(17)2)8-7-28-3)29-12-15(19)9-16(25(31)33)22-23(26)20(34-4)11-21(35-5)24(22)27/h9-13H,6-8H2,1-2,4-5H3. The molecule has 0 aliphatic heterocycles. The molecule has 0 N–H and O–H groups in total. The Kier molecular flexibility index (Phi) is 7.01. The van der Waals surface area contributed by atoms with Crippen LogP contribution in [0.2, 0.25) is 10.0 Å². The van der Waals surface area contributed by atoms with Gasteiger partial charge in [0, 0.05) is 41.0 Å². The summed E-state index contributed by atoms with van der Waals surface area (Å²) >= 11 is 13.2. The maximum Gasteiger partial charge on any atom is 0.259 e. The molecule has 180 valence electrons. The van der Waals surface area contributed by atoms with Gasteiger partial charge < -0.3 is 18.9 Å². The largest absolute Gasteiger partial charge is 0.495 e. The normalized spacial score (nSPS) is 11.0. The molecule has 0 spiro atoms. The maximum atomic E-state index is 13.7. The first-order valence-electron chi connectivity index (χ1n) is 10.9. The van der Waals surface area contributed by atoms with Crippen LogP contribution in [0.15, 0.2) is 35.4 Å². The van der Waals surface area contributed by atoms with Crippen LogP contribution in [0.25, 0.3) is 38.1 Å². The van der Waals surface area contributed by atoms with Gasteiger partial charge in [0.15, 0.2) is 0 Å². The van der Waals surface area contributed by atoms with Crippen molar-refractivity contribution >= 4 is 34.1 Å². The van der Waals surface area contributed by atoms with Crippen LogP contribution in [-0.4, -0.2) is 40.1 Å². The van der Waals surface area contributed by atoms with Crippen molar-refractivity contribution in [2.75, 3.05) is 20.8 Å². The Morgan fingerprint density at radius 3 is 2.34 bits per heavy atom. The topological polar surface area (TPSA) is 75.5 Å². The Morgan fingerprint density at radius 1 is 1.06 bits per heavy atom. The number of hydrogen-bond donors (Lipinski definition) is 0. The highest BCUT2D eigenvalue weighted by Gasteiger charge is 2.23. The molecular formula is C25H23Cl2N5O3. The summed E-state index contributed by atoms with van der Waals surface area (Å²) in [7, 11) is 2.97. The Morgan fingerprint density at radius 2 is 1.74 bits per heavy atom. The fourth-order valence-electron chi connectivity index (χ4n) is 4.10. The van der Waals surface area contributed by atoms with E-state index < -0.39 is 0 Å². The molecule has 0 aliphatic carbocycles. The molecule has 4 aromatic rings. The Bertz CT molecular complexity index is 1510. The lowest BCUT2D eigenvalue weighted by molar-refractivity contribution is 0.395. The Labute approximate surface area is 212 Å². The minimum absolute atomic E-state index is 0.226. The van der Waals surface area contributed by atoms with Crippen LogP contribution in [-0.2, 0) is 13.1 Å². The lowest BCUT2D eigenvalue weighted by Crippen LogP contribution is -2.21. The van der Waals surface area contributed by atoms with E-state index in [4.69, 9.17) is 39.2 Å². The summed E-state index contributed by atoms with van der Waals surface area (Å²) in [5.41, 5.74) is 3.59. The molecule has 0 atom stereocenters. The van der Waals surface area contributed by atoms with E-state index >= 15 is 0 Å². The predicted octanol–water partition coefficient (Wildman–Crippen LogP) is 5.50. The van der Waals surface area contributed by atoms with Crippen LogP contribution < -0.4 is 15.0 Å². The zero-order valence-corrected chi connectivity index (χ0v) is 21.2. The molecule has 0 unspecified atom stereocenters. The van der Waals surface area contributed by atoms with Gasteiger partial charge in [0.2, 0.25) is 6.54 Å². The first kappa shape index (κ1) is 24.6. The lowest BCUT2D eigenvalue weighted by atomic mass is 10.0. The van der Waals surface area contributed by atoms with Crippen molar-refractivity contribution in [3.63, 3.8) is 0 Å². The zero-order chi connectivity index (χ0) is 25.3. The van der Waals surface area contributed by atoms with E-state index in [1.165, 1.54) is 14.2 Å². The molecule has 3 aromatic heterocycles. The van der Waals surface area contributed by atoms with Crippen molar-refractivity contribution in [1.82, 2.24) is 19.3 Å². The van der Waals surface area contributed by atoms with Crippen molar-refractivity contribution in [2.24, 2.45) is 0 Å². The second-order valence-electron chi connectivity index (χ2n) is 7.77. The highest BCUT2D eigenvalue weighted by Crippen LogP contribution is 2.45. The molecule has 0 amide bonds. The van der Waals surface area contributed by atoms with Crippen molar-refractivity contribution in [1.29, 1.82) is 0 Å². The molecule has 1 aromatic carbocycles. The quantitative estimate of drug-likeness (QED) is 0.306.